The standard InChI is InChI=1S/C29H57N7O6S/c1-6-18(3)23(35-26(38)21(12-8-10-15-30)33-25(37)20(32)14-17-43-5)28(40)34-22(13-9-11-16-31)27(39)36-24(29(41)42)19(4)7-2/h18-24H,6-17,30-32H2,1-5H3,(H,33,37)(H,34,40)(H,35,38)(H,36,39)(H,41,42)/t18-,19-,20-,21-,22-,23-,24-/m0/s1. The number of aliphatic carboxylic acids is 1. The fourth-order valence-electron chi connectivity index (χ4n) is 4.33. The molecule has 43 heavy (non-hydrogen) atoms. The molecular weight excluding hydrogens is 574 g/mol. The first-order valence-corrected chi connectivity index (χ1v) is 16.9. The molecule has 7 atom stereocenters. The summed E-state index contributed by atoms with van der Waals surface area (Å²) in [5.74, 6) is -3.27. The number of amides is 4. The summed E-state index contributed by atoms with van der Waals surface area (Å²) >= 11 is 1.56. The zero-order chi connectivity index (χ0) is 32.9. The number of hydrogen-bond acceptors (Lipinski definition) is 9. The quantitative estimate of drug-likeness (QED) is 0.0685. The van der Waals surface area contributed by atoms with Gasteiger partial charge in [0.2, 0.25) is 23.6 Å². The van der Waals surface area contributed by atoms with Gasteiger partial charge in [-0.25, -0.2) is 4.79 Å². The zero-order valence-corrected chi connectivity index (χ0v) is 27.5. The van der Waals surface area contributed by atoms with E-state index in [0.29, 0.717) is 70.2 Å². The number of carbonyl (C=O) groups is 5. The van der Waals surface area contributed by atoms with Gasteiger partial charge in [0.1, 0.15) is 24.2 Å². The van der Waals surface area contributed by atoms with E-state index in [2.05, 4.69) is 21.3 Å². The minimum Gasteiger partial charge on any atom is -0.480 e. The van der Waals surface area contributed by atoms with E-state index in [1.54, 1.807) is 25.6 Å². The maximum atomic E-state index is 13.6. The van der Waals surface area contributed by atoms with Gasteiger partial charge < -0.3 is 43.6 Å². The maximum absolute atomic E-state index is 13.6. The number of carboxylic acid groups (broad SMARTS) is 1. The normalized spacial score (nSPS) is 16.1. The van der Waals surface area contributed by atoms with Crippen molar-refractivity contribution in [1.82, 2.24) is 21.3 Å². The van der Waals surface area contributed by atoms with Gasteiger partial charge >= 0.3 is 5.97 Å². The number of rotatable bonds is 24. The lowest BCUT2D eigenvalue weighted by Gasteiger charge is -2.29. The first-order chi connectivity index (χ1) is 20.4. The molecule has 0 aliphatic carbocycles. The summed E-state index contributed by atoms with van der Waals surface area (Å²) in [4.78, 5) is 64.8. The third-order valence-corrected chi connectivity index (χ3v) is 8.34. The van der Waals surface area contributed by atoms with E-state index in [4.69, 9.17) is 17.2 Å². The van der Waals surface area contributed by atoms with Gasteiger partial charge in [-0.05, 0) is 81.9 Å². The Balaban J connectivity index is 5.92. The molecule has 250 valence electrons. The van der Waals surface area contributed by atoms with Crippen molar-refractivity contribution in [3.05, 3.63) is 0 Å². The molecule has 4 amide bonds. The SMILES string of the molecule is CC[C@H](C)[C@H](NC(=O)[C@H](CCCCN)NC(=O)[C@@H](NC(=O)[C@H](CCCCN)NC(=O)[C@@H](N)CCSC)[C@@H](C)CC)C(=O)O. The second-order valence-electron chi connectivity index (χ2n) is 11.2. The van der Waals surface area contributed by atoms with Crippen molar-refractivity contribution in [2.45, 2.75) is 116 Å². The molecule has 0 saturated carbocycles. The highest BCUT2D eigenvalue weighted by Gasteiger charge is 2.34. The molecule has 13 nitrogen and oxygen atoms in total. The molecule has 0 aromatic carbocycles. The van der Waals surface area contributed by atoms with Crippen LogP contribution >= 0.6 is 11.8 Å². The minimum atomic E-state index is -1.16. The Hall–Kier alpha value is -2.42. The molecule has 0 aliphatic heterocycles. The number of unbranched alkanes of at least 4 members (excludes halogenated alkanes) is 2. The molecule has 14 heteroatoms. The van der Waals surface area contributed by atoms with E-state index in [0.717, 1.165) is 0 Å². The van der Waals surface area contributed by atoms with Crippen LogP contribution in [-0.2, 0) is 24.0 Å². The molecular formula is C29H57N7O6S. The Morgan fingerprint density at radius 2 is 1.12 bits per heavy atom. The summed E-state index contributed by atoms with van der Waals surface area (Å²) in [6.07, 6.45) is 6.39. The van der Waals surface area contributed by atoms with Crippen LogP contribution in [0.2, 0.25) is 0 Å². The molecule has 0 aromatic heterocycles. The van der Waals surface area contributed by atoms with Crippen molar-refractivity contribution >= 4 is 41.4 Å². The summed E-state index contributed by atoms with van der Waals surface area (Å²) in [7, 11) is 0. The highest BCUT2D eigenvalue weighted by molar-refractivity contribution is 7.98. The first-order valence-electron chi connectivity index (χ1n) is 15.5. The molecule has 0 aliphatic rings. The van der Waals surface area contributed by atoms with E-state index >= 15 is 0 Å². The predicted octanol–water partition coefficient (Wildman–Crippen LogP) is 0.441. The highest BCUT2D eigenvalue weighted by atomic mass is 32.2. The molecule has 0 rings (SSSR count). The van der Waals surface area contributed by atoms with Gasteiger partial charge in [-0.15, -0.1) is 0 Å². The van der Waals surface area contributed by atoms with Gasteiger partial charge in [0.15, 0.2) is 0 Å². The van der Waals surface area contributed by atoms with Crippen molar-refractivity contribution in [2.24, 2.45) is 29.0 Å². The van der Waals surface area contributed by atoms with E-state index in [1.165, 1.54) is 0 Å². The van der Waals surface area contributed by atoms with Crippen molar-refractivity contribution in [3.63, 3.8) is 0 Å². The molecule has 0 unspecified atom stereocenters. The third kappa shape index (κ3) is 15.7. The fourth-order valence-corrected chi connectivity index (χ4v) is 4.82. The van der Waals surface area contributed by atoms with Gasteiger partial charge in [-0.3, -0.25) is 19.2 Å². The summed E-state index contributed by atoms with van der Waals surface area (Å²) in [5.41, 5.74) is 17.3. The molecule has 0 heterocycles. The molecule has 0 saturated heterocycles. The van der Waals surface area contributed by atoms with E-state index in [1.807, 2.05) is 20.1 Å². The smallest absolute Gasteiger partial charge is 0.326 e. The Morgan fingerprint density at radius 1 is 0.674 bits per heavy atom. The summed E-state index contributed by atoms with van der Waals surface area (Å²) < 4.78 is 0. The molecule has 0 bridgehead atoms. The first kappa shape index (κ1) is 40.6. The van der Waals surface area contributed by atoms with Crippen LogP contribution < -0.4 is 38.5 Å². The van der Waals surface area contributed by atoms with Crippen molar-refractivity contribution < 1.29 is 29.1 Å². The van der Waals surface area contributed by atoms with Crippen LogP contribution in [0.1, 0.15) is 85.5 Å². The van der Waals surface area contributed by atoms with Gasteiger partial charge in [-0.2, -0.15) is 11.8 Å². The largest absolute Gasteiger partial charge is 0.480 e. The van der Waals surface area contributed by atoms with Crippen LogP contribution in [0, 0.1) is 11.8 Å². The number of carboxylic acids is 1. The van der Waals surface area contributed by atoms with E-state index in [9.17, 15) is 29.1 Å². The van der Waals surface area contributed by atoms with Crippen LogP contribution in [0.3, 0.4) is 0 Å². The predicted molar refractivity (Wildman–Crippen MR) is 171 cm³/mol. The summed E-state index contributed by atoms with van der Waals surface area (Å²) in [6, 6.07) is -4.84. The average molecular weight is 632 g/mol. The minimum absolute atomic E-state index is 0.245. The van der Waals surface area contributed by atoms with Crippen LogP contribution in [0.25, 0.3) is 0 Å². The van der Waals surface area contributed by atoms with Gasteiger partial charge in [0, 0.05) is 0 Å². The van der Waals surface area contributed by atoms with Crippen LogP contribution in [0.5, 0.6) is 0 Å². The van der Waals surface area contributed by atoms with E-state index in [-0.39, 0.29) is 18.3 Å². The summed E-state index contributed by atoms with van der Waals surface area (Å²) in [5, 5.41) is 20.5. The molecule has 11 N–H and O–H groups in total. The fraction of sp³-hybridized carbons (Fsp3) is 0.828. The number of carbonyl (C=O) groups excluding carboxylic acids is 4. The lowest BCUT2D eigenvalue weighted by atomic mass is 9.96. The Morgan fingerprint density at radius 3 is 1.53 bits per heavy atom. The van der Waals surface area contributed by atoms with Crippen LogP contribution in [0.15, 0.2) is 0 Å². The van der Waals surface area contributed by atoms with E-state index < -0.39 is 59.8 Å². The molecule has 0 aromatic rings. The Kier molecular flexibility index (Phi) is 21.7. The van der Waals surface area contributed by atoms with Gasteiger partial charge in [0.05, 0.1) is 6.04 Å². The molecule has 0 fully saturated rings. The topological polar surface area (TPSA) is 232 Å². The van der Waals surface area contributed by atoms with Gasteiger partial charge in [-0.1, -0.05) is 40.5 Å². The van der Waals surface area contributed by atoms with Crippen molar-refractivity contribution in [2.75, 3.05) is 25.1 Å². The number of thioether (sulfide) groups is 1. The third-order valence-electron chi connectivity index (χ3n) is 7.70. The number of hydrogen-bond donors (Lipinski definition) is 8. The number of nitrogens with two attached hydrogens (primary N) is 3. The Labute approximate surface area is 261 Å². The number of nitrogens with one attached hydrogen (secondary N) is 4. The lowest BCUT2D eigenvalue weighted by molar-refractivity contribution is -0.144. The second-order valence-corrected chi connectivity index (χ2v) is 12.1. The van der Waals surface area contributed by atoms with Crippen molar-refractivity contribution in [3.8, 4) is 0 Å². The molecule has 0 spiro atoms. The van der Waals surface area contributed by atoms with Crippen LogP contribution in [0.4, 0.5) is 0 Å². The summed E-state index contributed by atoms with van der Waals surface area (Å²) in [6.45, 7) is 8.07. The van der Waals surface area contributed by atoms with Crippen molar-refractivity contribution in [1.29, 1.82) is 0 Å². The molecule has 0 radical (unpaired) electrons. The van der Waals surface area contributed by atoms with Gasteiger partial charge in [0.25, 0.3) is 0 Å². The monoisotopic (exact) mass is 631 g/mol. The van der Waals surface area contributed by atoms with Crippen LogP contribution in [-0.4, -0.2) is 90.0 Å². The Bertz CT molecular complexity index is 865. The lowest BCUT2D eigenvalue weighted by Crippen LogP contribution is -2.60. The average Bonchev–Trinajstić information content (AvgIpc) is 2.98. The zero-order valence-electron chi connectivity index (χ0n) is 26.7. The highest BCUT2D eigenvalue weighted by Crippen LogP contribution is 2.13. The maximum Gasteiger partial charge on any atom is 0.326 e. The second kappa shape index (κ2) is 23.0.